The van der Waals surface area contributed by atoms with E-state index in [1.165, 1.54) is 0 Å². The highest BCUT2D eigenvalue weighted by molar-refractivity contribution is 6.30. The van der Waals surface area contributed by atoms with Crippen LogP contribution < -0.4 is 0 Å². The molecule has 0 amide bonds. The molecule has 4 atom stereocenters. The Morgan fingerprint density at radius 2 is 2.24 bits per heavy atom. The highest BCUT2D eigenvalue weighted by atomic mass is 35.5. The SMILES string of the molecule is N#C[C@@H]1CC2C[C@H]1CC2(O)c1cccc(Cl)c1. The van der Waals surface area contributed by atoms with Gasteiger partial charge in [0.25, 0.3) is 0 Å². The van der Waals surface area contributed by atoms with Crippen molar-refractivity contribution in [1.29, 1.82) is 5.26 Å². The van der Waals surface area contributed by atoms with Crippen LogP contribution in [-0.4, -0.2) is 5.11 Å². The molecule has 0 heterocycles. The van der Waals surface area contributed by atoms with Gasteiger partial charge < -0.3 is 5.11 Å². The monoisotopic (exact) mass is 247 g/mol. The van der Waals surface area contributed by atoms with Gasteiger partial charge in [-0.15, -0.1) is 0 Å². The topological polar surface area (TPSA) is 44.0 Å². The molecule has 88 valence electrons. The molecule has 2 unspecified atom stereocenters. The van der Waals surface area contributed by atoms with Crippen LogP contribution in [0.1, 0.15) is 24.8 Å². The Labute approximate surface area is 106 Å². The Morgan fingerprint density at radius 3 is 2.82 bits per heavy atom. The molecule has 2 aliphatic rings. The van der Waals surface area contributed by atoms with Crippen molar-refractivity contribution in [2.24, 2.45) is 17.8 Å². The third-order valence-electron chi connectivity index (χ3n) is 4.43. The van der Waals surface area contributed by atoms with E-state index in [1.807, 2.05) is 24.3 Å². The van der Waals surface area contributed by atoms with E-state index in [0.29, 0.717) is 17.4 Å². The normalized spacial score (nSPS) is 39.2. The maximum atomic E-state index is 10.8. The minimum Gasteiger partial charge on any atom is -0.385 e. The van der Waals surface area contributed by atoms with Gasteiger partial charge in [-0.2, -0.15) is 5.26 Å². The molecule has 0 spiro atoms. The average molecular weight is 248 g/mol. The molecule has 0 aromatic heterocycles. The minimum absolute atomic E-state index is 0.138. The molecule has 3 rings (SSSR count). The predicted molar refractivity (Wildman–Crippen MR) is 65.3 cm³/mol. The van der Waals surface area contributed by atoms with Crippen molar-refractivity contribution in [1.82, 2.24) is 0 Å². The molecule has 2 nitrogen and oxygen atoms in total. The first-order valence-electron chi connectivity index (χ1n) is 6.01. The molecule has 0 radical (unpaired) electrons. The van der Waals surface area contributed by atoms with Gasteiger partial charge in [-0.1, -0.05) is 23.7 Å². The summed E-state index contributed by atoms with van der Waals surface area (Å²) in [5.74, 6) is 0.712. The van der Waals surface area contributed by atoms with Crippen LogP contribution in [0.4, 0.5) is 0 Å². The van der Waals surface area contributed by atoms with Crippen LogP contribution in [0, 0.1) is 29.1 Å². The summed E-state index contributed by atoms with van der Waals surface area (Å²) >= 11 is 5.98. The lowest BCUT2D eigenvalue weighted by molar-refractivity contribution is -0.0243. The van der Waals surface area contributed by atoms with Gasteiger partial charge in [0.15, 0.2) is 0 Å². The zero-order valence-electron chi connectivity index (χ0n) is 9.44. The first kappa shape index (κ1) is 11.1. The standard InChI is InChI=1S/C14H14ClNO/c15-13-3-1-2-11(6-13)14(17)7-9-4-12(14)5-10(9)8-16/h1-3,6,9-10,12,17H,4-5,7H2/t9-,10-,12?,14?/m0/s1. The molecule has 1 aromatic rings. The summed E-state index contributed by atoms with van der Waals surface area (Å²) in [5.41, 5.74) is 0.150. The largest absolute Gasteiger partial charge is 0.385 e. The zero-order valence-corrected chi connectivity index (χ0v) is 10.2. The summed E-state index contributed by atoms with van der Waals surface area (Å²) in [7, 11) is 0. The van der Waals surface area contributed by atoms with Crippen molar-refractivity contribution in [2.75, 3.05) is 0 Å². The molecule has 2 fully saturated rings. The molecule has 3 heteroatoms. The number of hydrogen-bond acceptors (Lipinski definition) is 2. The lowest BCUT2D eigenvalue weighted by Crippen LogP contribution is -2.34. The second-order valence-corrected chi connectivity index (χ2v) is 5.74. The summed E-state index contributed by atoms with van der Waals surface area (Å²) in [6, 6.07) is 9.85. The number of aliphatic hydroxyl groups is 1. The number of nitrogens with zero attached hydrogens (tertiary/aromatic N) is 1. The van der Waals surface area contributed by atoms with E-state index in [9.17, 15) is 5.11 Å². The van der Waals surface area contributed by atoms with Gasteiger partial charge in [0.05, 0.1) is 11.7 Å². The van der Waals surface area contributed by atoms with Gasteiger partial charge in [-0.25, -0.2) is 0 Å². The fraction of sp³-hybridized carbons (Fsp3) is 0.500. The number of benzene rings is 1. The fourth-order valence-electron chi connectivity index (χ4n) is 3.58. The lowest BCUT2D eigenvalue weighted by Gasteiger charge is -2.34. The Hall–Kier alpha value is -1.04. The van der Waals surface area contributed by atoms with Crippen LogP contribution in [0.25, 0.3) is 0 Å². The second-order valence-electron chi connectivity index (χ2n) is 5.30. The van der Waals surface area contributed by atoms with E-state index in [0.717, 1.165) is 18.4 Å². The fourth-order valence-corrected chi connectivity index (χ4v) is 3.77. The summed E-state index contributed by atoms with van der Waals surface area (Å²) in [4.78, 5) is 0. The summed E-state index contributed by atoms with van der Waals surface area (Å²) < 4.78 is 0. The van der Waals surface area contributed by atoms with Crippen molar-refractivity contribution in [3.8, 4) is 6.07 Å². The summed E-state index contributed by atoms with van der Waals surface area (Å²) in [5, 5.41) is 20.5. The van der Waals surface area contributed by atoms with Crippen molar-refractivity contribution < 1.29 is 5.11 Å². The molecule has 1 aromatic carbocycles. The maximum Gasteiger partial charge on any atom is 0.0928 e. The number of nitriles is 1. The van der Waals surface area contributed by atoms with Gasteiger partial charge >= 0.3 is 0 Å². The van der Waals surface area contributed by atoms with Gasteiger partial charge in [-0.05, 0) is 48.8 Å². The predicted octanol–water partition coefficient (Wildman–Crippen LogP) is 3.10. The molecule has 0 saturated heterocycles. The van der Waals surface area contributed by atoms with E-state index in [2.05, 4.69) is 6.07 Å². The first-order valence-corrected chi connectivity index (χ1v) is 6.39. The second kappa shape index (κ2) is 3.73. The van der Waals surface area contributed by atoms with Gasteiger partial charge in [-0.3, -0.25) is 0 Å². The molecular formula is C14H14ClNO. The third kappa shape index (κ3) is 1.57. The molecule has 2 bridgehead atoms. The number of hydrogen-bond donors (Lipinski definition) is 1. The maximum absolute atomic E-state index is 10.8. The van der Waals surface area contributed by atoms with E-state index in [4.69, 9.17) is 16.9 Å². The minimum atomic E-state index is -0.761. The van der Waals surface area contributed by atoms with Crippen LogP contribution >= 0.6 is 11.6 Å². The number of fused-ring (bicyclic) bond motifs is 2. The quantitative estimate of drug-likeness (QED) is 0.829. The first-order chi connectivity index (χ1) is 8.13. The molecule has 17 heavy (non-hydrogen) atoms. The highest BCUT2D eigenvalue weighted by Crippen LogP contribution is 2.57. The van der Waals surface area contributed by atoms with Crippen LogP contribution in [0.2, 0.25) is 5.02 Å². The summed E-state index contributed by atoms with van der Waals surface area (Å²) in [6.45, 7) is 0. The van der Waals surface area contributed by atoms with E-state index in [1.54, 1.807) is 0 Å². The molecule has 1 N–H and O–H groups in total. The van der Waals surface area contributed by atoms with Crippen LogP contribution in [0.3, 0.4) is 0 Å². The van der Waals surface area contributed by atoms with Crippen LogP contribution in [-0.2, 0) is 5.60 Å². The molecule has 0 aliphatic heterocycles. The van der Waals surface area contributed by atoms with Crippen molar-refractivity contribution in [3.05, 3.63) is 34.9 Å². The van der Waals surface area contributed by atoms with E-state index < -0.39 is 5.60 Å². The van der Waals surface area contributed by atoms with Gasteiger partial charge in [0, 0.05) is 10.9 Å². The van der Waals surface area contributed by atoms with Crippen molar-refractivity contribution in [3.63, 3.8) is 0 Å². The van der Waals surface area contributed by atoms with Crippen molar-refractivity contribution in [2.45, 2.75) is 24.9 Å². The van der Waals surface area contributed by atoms with E-state index >= 15 is 0 Å². The van der Waals surface area contributed by atoms with Crippen molar-refractivity contribution >= 4 is 11.6 Å². The Bertz CT molecular complexity index is 495. The zero-order chi connectivity index (χ0) is 12.0. The number of rotatable bonds is 1. The Morgan fingerprint density at radius 1 is 1.41 bits per heavy atom. The van der Waals surface area contributed by atoms with Gasteiger partial charge in [0.1, 0.15) is 0 Å². The Balaban J connectivity index is 1.93. The Kier molecular flexibility index (Phi) is 2.43. The third-order valence-corrected chi connectivity index (χ3v) is 4.67. The van der Waals surface area contributed by atoms with Gasteiger partial charge in [0.2, 0.25) is 0 Å². The average Bonchev–Trinajstić information content (AvgIpc) is 2.86. The highest BCUT2D eigenvalue weighted by Gasteiger charge is 2.55. The molecule has 2 aliphatic carbocycles. The lowest BCUT2D eigenvalue weighted by atomic mass is 9.75. The molecule has 2 saturated carbocycles. The van der Waals surface area contributed by atoms with Crippen LogP contribution in [0.5, 0.6) is 0 Å². The van der Waals surface area contributed by atoms with Crippen LogP contribution in [0.15, 0.2) is 24.3 Å². The van der Waals surface area contributed by atoms with E-state index in [-0.39, 0.29) is 11.8 Å². The smallest absolute Gasteiger partial charge is 0.0928 e. The number of halogens is 1. The summed E-state index contributed by atoms with van der Waals surface area (Å²) in [6.07, 6.45) is 2.50. The molecular weight excluding hydrogens is 234 g/mol.